The molecule has 4 nitrogen and oxygen atoms in total. The molecule has 0 aromatic carbocycles. The Morgan fingerprint density at radius 3 is 2.13 bits per heavy atom. The second kappa shape index (κ2) is 4.96. The van der Waals surface area contributed by atoms with E-state index in [9.17, 15) is 4.79 Å². The molecule has 0 atom stereocenters. The third kappa shape index (κ3) is 5.20. The van der Waals surface area contributed by atoms with Crippen LogP contribution in [0.25, 0.3) is 0 Å². The summed E-state index contributed by atoms with van der Waals surface area (Å²) in [5, 5.41) is 14.5. The highest BCUT2D eigenvalue weighted by Crippen LogP contribution is 2.16. The van der Waals surface area contributed by atoms with Crippen LogP contribution in [0.4, 0.5) is 0 Å². The van der Waals surface area contributed by atoms with Crippen molar-refractivity contribution in [3.63, 3.8) is 0 Å². The molecule has 0 saturated heterocycles. The smallest absolute Gasteiger partial charge is 0.332 e. The van der Waals surface area contributed by atoms with Crippen LogP contribution in [0.5, 0.6) is 0 Å². The van der Waals surface area contributed by atoms with Crippen LogP contribution in [-0.2, 0) is 4.79 Å². The second-order valence-corrected chi connectivity index (χ2v) is 4.63. The molecule has 0 aromatic rings. The Kier molecular flexibility index (Phi) is 4.52. The zero-order valence-electron chi connectivity index (χ0n) is 10.3. The summed E-state index contributed by atoms with van der Waals surface area (Å²) in [5.74, 6) is -0.925. The fraction of sp³-hybridized carbons (Fsp3) is 0.636. The van der Waals surface area contributed by atoms with Crippen molar-refractivity contribution < 1.29 is 9.90 Å². The van der Waals surface area contributed by atoms with Gasteiger partial charge in [0.15, 0.2) is 0 Å². The number of hydrogen-bond donors (Lipinski definition) is 1. The predicted octanol–water partition coefficient (Wildman–Crippen LogP) is 2.33. The maximum Gasteiger partial charge on any atom is 0.332 e. The van der Waals surface area contributed by atoms with Gasteiger partial charge in [0.05, 0.1) is 5.57 Å². The Balaban J connectivity index is 4.70. The Hall–Kier alpha value is -1.32. The van der Waals surface area contributed by atoms with Gasteiger partial charge in [-0.3, -0.25) is 5.01 Å². The molecule has 15 heavy (non-hydrogen) atoms. The molecule has 1 N–H and O–H groups in total. The number of aliphatic carboxylic acids is 1. The molecular formula is C11H20N2O2. The molecule has 0 spiro atoms. The summed E-state index contributed by atoms with van der Waals surface area (Å²) in [6.45, 7) is 9.66. The van der Waals surface area contributed by atoms with Gasteiger partial charge >= 0.3 is 5.97 Å². The number of hydrazone groups is 1. The van der Waals surface area contributed by atoms with Crippen LogP contribution in [0.2, 0.25) is 0 Å². The standard InChI is InChI=1S/C11H20N2O2/c1-8(10(14)15)7-13(6)12-9(2)11(3,4)5/h7H,1-6H3,(H,14,15)/b8-7+,12-9-. The lowest BCUT2D eigenvalue weighted by Crippen LogP contribution is -2.20. The summed E-state index contributed by atoms with van der Waals surface area (Å²) in [6, 6.07) is 0. The minimum Gasteiger partial charge on any atom is -0.478 e. The molecule has 0 aliphatic rings. The lowest BCUT2D eigenvalue weighted by atomic mass is 9.91. The van der Waals surface area contributed by atoms with Crippen molar-refractivity contribution >= 4 is 11.7 Å². The highest BCUT2D eigenvalue weighted by molar-refractivity contribution is 5.87. The molecule has 0 aliphatic heterocycles. The van der Waals surface area contributed by atoms with Crippen molar-refractivity contribution in [2.45, 2.75) is 34.6 Å². The van der Waals surface area contributed by atoms with Crippen LogP contribution in [-0.4, -0.2) is 28.8 Å². The predicted molar refractivity (Wildman–Crippen MR) is 61.7 cm³/mol. The Morgan fingerprint density at radius 2 is 1.80 bits per heavy atom. The van der Waals surface area contributed by atoms with Crippen molar-refractivity contribution in [2.75, 3.05) is 7.05 Å². The summed E-state index contributed by atoms with van der Waals surface area (Å²) in [5.41, 5.74) is 1.22. The average Bonchev–Trinajstić information content (AvgIpc) is 2.01. The third-order valence-corrected chi connectivity index (χ3v) is 2.11. The molecule has 0 amide bonds. The first-order valence-corrected chi connectivity index (χ1v) is 4.85. The van der Waals surface area contributed by atoms with Crippen LogP contribution in [0, 0.1) is 5.41 Å². The van der Waals surface area contributed by atoms with E-state index in [-0.39, 0.29) is 11.0 Å². The van der Waals surface area contributed by atoms with E-state index in [1.54, 1.807) is 14.0 Å². The second-order valence-electron chi connectivity index (χ2n) is 4.63. The molecule has 0 saturated carbocycles. The maximum absolute atomic E-state index is 10.6. The van der Waals surface area contributed by atoms with E-state index < -0.39 is 5.97 Å². The summed E-state index contributed by atoms with van der Waals surface area (Å²) in [7, 11) is 1.72. The first-order chi connectivity index (χ1) is 6.64. The fourth-order valence-corrected chi connectivity index (χ4v) is 0.751. The Bertz CT molecular complexity index is 298. The molecule has 0 rings (SSSR count). The molecular weight excluding hydrogens is 192 g/mol. The molecule has 86 valence electrons. The van der Waals surface area contributed by atoms with E-state index in [4.69, 9.17) is 5.11 Å². The Morgan fingerprint density at radius 1 is 1.33 bits per heavy atom. The highest BCUT2D eigenvalue weighted by atomic mass is 16.4. The van der Waals surface area contributed by atoms with Gasteiger partial charge in [0, 0.05) is 24.4 Å². The Labute approximate surface area is 91.3 Å². The number of carboxylic acid groups (broad SMARTS) is 1. The van der Waals surface area contributed by atoms with Crippen molar-refractivity contribution in [1.82, 2.24) is 5.01 Å². The van der Waals surface area contributed by atoms with Gasteiger partial charge in [-0.1, -0.05) is 20.8 Å². The van der Waals surface area contributed by atoms with E-state index in [0.717, 1.165) is 5.71 Å². The van der Waals surface area contributed by atoms with Crippen LogP contribution >= 0.6 is 0 Å². The minimum absolute atomic E-state index is 0.000766. The van der Waals surface area contributed by atoms with Crippen LogP contribution in [0.3, 0.4) is 0 Å². The molecule has 0 radical (unpaired) electrons. The van der Waals surface area contributed by atoms with Crippen molar-refractivity contribution in [1.29, 1.82) is 0 Å². The van der Waals surface area contributed by atoms with Crippen molar-refractivity contribution in [3.05, 3.63) is 11.8 Å². The van der Waals surface area contributed by atoms with Gasteiger partial charge < -0.3 is 5.11 Å². The van der Waals surface area contributed by atoms with E-state index in [1.165, 1.54) is 11.2 Å². The highest BCUT2D eigenvalue weighted by Gasteiger charge is 2.14. The van der Waals surface area contributed by atoms with Crippen LogP contribution in [0.15, 0.2) is 16.9 Å². The summed E-state index contributed by atoms with van der Waals surface area (Å²) in [4.78, 5) is 10.6. The average molecular weight is 212 g/mol. The SMILES string of the molecule is C/C(=N/N(C)/C=C(\C)C(=O)O)C(C)(C)C. The zero-order valence-corrected chi connectivity index (χ0v) is 10.3. The van der Waals surface area contributed by atoms with Gasteiger partial charge in [0.25, 0.3) is 0 Å². The van der Waals surface area contributed by atoms with Crippen LogP contribution < -0.4 is 0 Å². The minimum atomic E-state index is -0.925. The van der Waals surface area contributed by atoms with E-state index >= 15 is 0 Å². The number of carbonyl (C=O) groups is 1. The number of rotatable bonds is 3. The number of hydrogen-bond acceptors (Lipinski definition) is 3. The normalized spacial score (nSPS) is 14.0. The molecule has 0 aliphatic carbocycles. The monoisotopic (exact) mass is 212 g/mol. The first-order valence-electron chi connectivity index (χ1n) is 4.85. The third-order valence-electron chi connectivity index (χ3n) is 2.11. The molecule has 0 bridgehead atoms. The first kappa shape index (κ1) is 13.7. The molecule has 0 unspecified atom stereocenters. The summed E-state index contributed by atoms with van der Waals surface area (Å²) < 4.78 is 0. The number of carboxylic acids is 1. The van der Waals surface area contributed by atoms with Crippen LogP contribution in [0.1, 0.15) is 34.6 Å². The van der Waals surface area contributed by atoms with Gasteiger partial charge in [-0.25, -0.2) is 4.79 Å². The molecule has 4 heteroatoms. The molecule has 0 heterocycles. The summed E-state index contributed by atoms with van der Waals surface area (Å²) >= 11 is 0. The lowest BCUT2D eigenvalue weighted by Gasteiger charge is -2.20. The lowest BCUT2D eigenvalue weighted by molar-refractivity contribution is -0.132. The van der Waals surface area contributed by atoms with Crippen molar-refractivity contribution in [2.24, 2.45) is 10.5 Å². The van der Waals surface area contributed by atoms with Gasteiger partial charge in [0.1, 0.15) is 0 Å². The topological polar surface area (TPSA) is 52.9 Å². The van der Waals surface area contributed by atoms with E-state index in [1.807, 2.05) is 6.92 Å². The van der Waals surface area contributed by atoms with Gasteiger partial charge in [0.2, 0.25) is 0 Å². The van der Waals surface area contributed by atoms with Gasteiger partial charge in [-0.2, -0.15) is 5.10 Å². The van der Waals surface area contributed by atoms with Gasteiger partial charge in [-0.05, 0) is 13.8 Å². The largest absolute Gasteiger partial charge is 0.478 e. The number of nitrogens with zero attached hydrogens (tertiary/aromatic N) is 2. The van der Waals surface area contributed by atoms with Crippen molar-refractivity contribution in [3.8, 4) is 0 Å². The van der Waals surface area contributed by atoms with E-state index in [2.05, 4.69) is 25.9 Å². The van der Waals surface area contributed by atoms with Gasteiger partial charge in [-0.15, -0.1) is 0 Å². The molecule has 0 fully saturated rings. The fourth-order valence-electron chi connectivity index (χ4n) is 0.751. The quantitative estimate of drug-likeness (QED) is 0.444. The summed E-state index contributed by atoms with van der Waals surface area (Å²) in [6.07, 6.45) is 1.50. The zero-order chi connectivity index (χ0) is 12.2. The van der Waals surface area contributed by atoms with E-state index in [0.29, 0.717) is 0 Å². The maximum atomic E-state index is 10.6. The molecule has 0 aromatic heterocycles.